The first-order valence-corrected chi connectivity index (χ1v) is 11.1. The number of aromatic amines is 1. The first-order valence-electron chi connectivity index (χ1n) is 10.0. The van der Waals surface area contributed by atoms with E-state index in [1.165, 1.54) is 11.8 Å². The van der Waals surface area contributed by atoms with Crippen molar-refractivity contribution in [2.45, 2.75) is 50.5 Å². The van der Waals surface area contributed by atoms with E-state index in [9.17, 15) is 9.59 Å². The molecule has 0 saturated carbocycles. The largest absolute Gasteiger partial charge is 0.494 e. The second-order valence-electron chi connectivity index (χ2n) is 8.07. The summed E-state index contributed by atoms with van der Waals surface area (Å²) in [4.78, 5) is 25.4. The number of hydrogen-bond donors (Lipinski definition) is 2. The number of carbonyl (C=O) groups excluding carboxylic acids is 1. The number of anilines is 1. The van der Waals surface area contributed by atoms with Crippen LogP contribution in [0.5, 0.6) is 5.75 Å². The van der Waals surface area contributed by atoms with Crippen molar-refractivity contribution in [3.05, 3.63) is 45.7 Å². The Bertz CT molecular complexity index is 948. The number of ether oxygens (including phenoxy) is 2. The molecule has 8 heteroatoms. The fraction of sp³-hybridized carbons (Fsp3) is 0.524. The lowest BCUT2D eigenvalue weighted by Gasteiger charge is -2.36. The van der Waals surface area contributed by atoms with Crippen LogP contribution in [-0.4, -0.2) is 40.3 Å². The number of nitrogens with one attached hydrogen (secondary N) is 2. The van der Waals surface area contributed by atoms with E-state index < -0.39 is 0 Å². The van der Waals surface area contributed by atoms with E-state index in [4.69, 9.17) is 9.47 Å². The predicted molar refractivity (Wildman–Crippen MR) is 114 cm³/mol. The third-order valence-corrected chi connectivity index (χ3v) is 6.66. The average Bonchev–Trinajstić information content (AvgIpc) is 2.88. The fourth-order valence-corrected chi connectivity index (χ4v) is 5.23. The quantitative estimate of drug-likeness (QED) is 0.796. The number of aromatic nitrogens is 2. The second kappa shape index (κ2) is 7.91. The molecule has 1 aromatic carbocycles. The molecule has 0 unspecified atom stereocenters. The molecule has 4 rings (SSSR count). The second-order valence-corrected chi connectivity index (χ2v) is 9.16. The highest BCUT2D eigenvalue weighted by atomic mass is 32.2. The maximum Gasteiger partial charge on any atom is 0.270 e. The summed E-state index contributed by atoms with van der Waals surface area (Å²) >= 11 is 1.47. The summed E-state index contributed by atoms with van der Waals surface area (Å²) in [5.74, 6) is 1.58. The zero-order chi connectivity index (χ0) is 20.6. The van der Waals surface area contributed by atoms with E-state index in [2.05, 4.69) is 24.3 Å². The molecule has 2 aliphatic heterocycles. The van der Waals surface area contributed by atoms with E-state index in [1.807, 2.05) is 35.9 Å². The van der Waals surface area contributed by atoms with Crippen LogP contribution in [0.25, 0.3) is 0 Å². The predicted octanol–water partition coefficient (Wildman–Crippen LogP) is 3.48. The Morgan fingerprint density at radius 2 is 2.03 bits per heavy atom. The van der Waals surface area contributed by atoms with Crippen molar-refractivity contribution in [1.29, 1.82) is 0 Å². The Kier molecular flexibility index (Phi) is 5.48. The fourth-order valence-electron chi connectivity index (χ4n) is 4.11. The summed E-state index contributed by atoms with van der Waals surface area (Å²) in [7, 11) is 0. The Hall–Kier alpha value is -2.19. The number of thioether (sulfide) groups is 1. The van der Waals surface area contributed by atoms with Gasteiger partial charge in [0.25, 0.3) is 5.56 Å². The normalized spacial score (nSPS) is 23.8. The minimum absolute atomic E-state index is 0.0691. The Balaban J connectivity index is 1.74. The van der Waals surface area contributed by atoms with Crippen LogP contribution in [0.15, 0.2) is 29.1 Å². The molecule has 0 spiro atoms. The Labute approximate surface area is 174 Å². The van der Waals surface area contributed by atoms with Gasteiger partial charge in [-0.2, -0.15) is 0 Å². The Morgan fingerprint density at radius 3 is 2.72 bits per heavy atom. The van der Waals surface area contributed by atoms with E-state index in [1.54, 1.807) is 0 Å². The van der Waals surface area contributed by atoms with Crippen LogP contribution in [0.1, 0.15) is 56.0 Å². The van der Waals surface area contributed by atoms with Crippen molar-refractivity contribution in [3.8, 4) is 5.75 Å². The lowest BCUT2D eigenvalue weighted by Crippen LogP contribution is -2.36. The summed E-state index contributed by atoms with van der Waals surface area (Å²) in [5.41, 5.74) is 1.16. The molecular formula is C21H27N3O4S. The third kappa shape index (κ3) is 4.09. The number of nitrogens with zero attached hydrogens (tertiary/aromatic N) is 1. The minimum Gasteiger partial charge on any atom is -0.494 e. The lowest BCUT2D eigenvalue weighted by molar-refractivity contribution is -0.113. The molecule has 1 saturated heterocycles. The molecule has 7 nitrogen and oxygen atoms in total. The highest BCUT2D eigenvalue weighted by Crippen LogP contribution is 2.42. The molecule has 0 aliphatic carbocycles. The molecule has 0 bridgehead atoms. The van der Waals surface area contributed by atoms with Crippen LogP contribution in [0.2, 0.25) is 0 Å². The standard InChI is InChI=1S/C21H27N3O4S/c1-4-27-15-7-5-13(6-8-15)18-17-19(22-16(25)12-29-18)24(23-20(17)26)14-9-10-28-21(2,3)11-14/h5-8,14,18H,4,9-12H2,1-3H3,(H,22,25)(H,23,26)/t14-,18+/m1/s1. The highest BCUT2D eigenvalue weighted by Gasteiger charge is 2.35. The summed E-state index contributed by atoms with van der Waals surface area (Å²) in [5, 5.41) is 5.74. The molecule has 29 heavy (non-hydrogen) atoms. The van der Waals surface area contributed by atoms with Gasteiger partial charge < -0.3 is 14.8 Å². The van der Waals surface area contributed by atoms with E-state index in [0.29, 0.717) is 30.3 Å². The van der Waals surface area contributed by atoms with E-state index >= 15 is 0 Å². The van der Waals surface area contributed by atoms with Crippen molar-refractivity contribution in [3.63, 3.8) is 0 Å². The van der Waals surface area contributed by atoms with E-state index in [0.717, 1.165) is 24.2 Å². The van der Waals surface area contributed by atoms with Crippen LogP contribution >= 0.6 is 11.8 Å². The molecule has 3 heterocycles. The number of amides is 1. The van der Waals surface area contributed by atoms with Gasteiger partial charge in [0.2, 0.25) is 5.91 Å². The molecule has 1 fully saturated rings. The van der Waals surface area contributed by atoms with Gasteiger partial charge in [-0.3, -0.25) is 19.4 Å². The molecule has 1 amide bonds. The molecule has 1 aromatic heterocycles. The van der Waals surface area contributed by atoms with Crippen molar-refractivity contribution < 1.29 is 14.3 Å². The van der Waals surface area contributed by atoms with Gasteiger partial charge in [0.05, 0.1) is 34.8 Å². The monoisotopic (exact) mass is 417 g/mol. The first-order chi connectivity index (χ1) is 13.9. The van der Waals surface area contributed by atoms with Crippen LogP contribution in [0, 0.1) is 0 Å². The van der Waals surface area contributed by atoms with Crippen LogP contribution in [-0.2, 0) is 9.53 Å². The molecule has 2 N–H and O–H groups in total. The van der Waals surface area contributed by atoms with Gasteiger partial charge in [0.1, 0.15) is 11.6 Å². The van der Waals surface area contributed by atoms with Crippen molar-refractivity contribution in [2.75, 3.05) is 24.3 Å². The number of benzene rings is 1. The van der Waals surface area contributed by atoms with Crippen LogP contribution in [0.4, 0.5) is 5.82 Å². The van der Waals surface area contributed by atoms with Crippen LogP contribution in [0.3, 0.4) is 0 Å². The number of hydrogen-bond acceptors (Lipinski definition) is 5. The highest BCUT2D eigenvalue weighted by molar-refractivity contribution is 8.00. The molecule has 0 radical (unpaired) electrons. The summed E-state index contributed by atoms with van der Waals surface area (Å²) < 4.78 is 13.2. The van der Waals surface area contributed by atoms with E-state index in [-0.39, 0.29) is 28.4 Å². The molecule has 156 valence electrons. The number of rotatable bonds is 4. The van der Waals surface area contributed by atoms with Gasteiger partial charge in [-0.1, -0.05) is 12.1 Å². The summed E-state index contributed by atoms with van der Waals surface area (Å²) in [6, 6.07) is 7.82. The zero-order valence-electron chi connectivity index (χ0n) is 17.0. The van der Waals surface area contributed by atoms with Gasteiger partial charge in [-0.25, -0.2) is 0 Å². The summed E-state index contributed by atoms with van der Waals surface area (Å²) in [6.45, 7) is 7.27. The summed E-state index contributed by atoms with van der Waals surface area (Å²) in [6.07, 6.45) is 1.55. The van der Waals surface area contributed by atoms with Crippen molar-refractivity contribution >= 4 is 23.5 Å². The third-order valence-electron chi connectivity index (χ3n) is 5.39. The average molecular weight is 418 g/mol. The number of H-pyrrole nitrogens is 1. The Morgan fingerprint density at radius 1 is 1.28 bits per heavy atom. The molecule has 2 atom stereocenters. The first kappa shape index (κ1) is 20.1. The number of fused-ring (bicyclic) bond motifs is 1. The topological polar surface area (TPSA) is 85.4 Å². The maximum absolute atomic E-state index is 13.0. The lowest BCUT2D eigenvalue weighted by atomic mass is 9.94. The van der Waals surface area contributed by atoms with Gasteiger partial charge in [-0.15, -0.1) is 11.8 Å². The van der Waals surface area contributed by atoms with Crippen molar-refractivity contribution in [1.82, 2.24) is 9.78 Å². The number of carbonyl (C=O) groups is 1. The molecule has 2 aromatic rings. The molecule has 2 aliphatic rings. The van der Waals surface area contributed by atoms with Gasteiger partial charge in [-0.05, 0) is 51.3 Å². The van der Waals surface area contributed by atoms with Gasteiger partial charge >= 0.3 is 0 Å². The van der Waals surface area contributed by atoms with Gasteiger partial charge in [0.15, 0.2) is 0 Å². The van der Waals surface area contributed by atoms with Gasteiger partial charge in [0, 0.05) is 6.61 Å². The molecular weight excluding hydrogens is 390 g/mol. The van der Waals surface area contributed by atoms with Crippen molar-refractivity contribution in [2.24, 2.45) is 0 Å². The maximum atomic E-state index is 13.0. The van der Waals surface area contributed by atoms with Crippen LogP contribution < -0.4 is 15.6 Å². The smallest absolute Gasteiger partial charge is 0.270 e. The SMILES string of the molecule is CCOc1ccc([C@@H]2SCC(=O)Nc3c2c(=O)[nH]n3[C@@H]2CCOC(C)(C)C2)cc1. The zero-order valence-corrected chi connectivity index (χ0v) is 17.8. The minimum atomic E-state index is -0.269.